The molecule has 1 aliphatic rings. The van der Waals surface area contributed by atoms with E-state index in [2.05, 4.69) is 10.00 Å². The summed E-state index contributed by atoms with van der Waals surface area (Å²) in [5, 5.41) is 4.64. The number of para-hydroxylation sites is 1. The standard InChI is InChI=1S/C21H24N4O2S/c26-28(27,18-19-7-3-1-4-8-19)24-15-13-23(14-16-24)17-20-11-12-25(22-20)21-9-5-2-6-10-21/h1-12H,13-18H2. The third-order valence-corrected chi connectivity index (χ3v) is 6.82. The van der Waals surface area contributed by atoms with Crippen LogP contribution in [-0.4, -0.2) is 53.6 Å². The fourth-order valence-electron chi connectivity index (χ4n) is 3.44. The van der Waals surface area contributed by atoms with Crippen molar-refractivity contribution in [3.8, 4) is 5.69 Å². The molecule has 0 aliphatic carbocycles. The summed E-state index contributed by atoms with van der Waals surface area (Å²) < 4.78 is 28.8. The SMILES string of the molecule is O=S(=O)(Cc1ccccc1)N1CCN(Cc2ccn(-c3ccccc3)n2)CC1. The maximum atomic E-state index is 12.7. The molecule has 0 N–H and O–H groups in total. The Kier molecular flexibility index (Phi) is 5.57. The van der Waals surface area contributed by atoms with Gasteiger partial charge < -0.3 is 0 Å². The van der Waals surface area contributed by atoms with Crippen molar-refractivity contribution in [1.29, 1.82) is 0 Å². The van der Waals surface area contributed by atoms with Gasteiger partial charge in [-0.05, 0) is 23.8 Å². The number of hydrogen-bond donors (Lipinski definition) is 0. The second-order valence-electron chi connectivity index (χ2n) is 7.00. The largest absolute Gasteiger partial charge is 0.295 e. The summed E-state index contributed by atoms with van der Waals surface area (Å²) in [5.41, 5.74) is 2.85. The molecule has 6 nitrogen and oxygen atoms in total. The van der Waals surface area contributed by atoms with Crippen molar-refractivity contribution in [1.82, 2.24) is 19.0 Å². The van der Waals surface area contributed by atoms with E-state index in [0.717, 1.165) is 23.5 Å². The van der Waals surface area contributed by atoms with Gasteiger partial charge in [0.1, 0.15) is 0 Å². The van der Waals surface area contributed by atoms with E-state index in [0.29, 0.717) is 26.2 Å². The lowest BCUT2D eigenvalue weighted by molar-refractivity contribution is 0.179. The maximum absolute atomic E-state index is 12.7. The van der Waals surface area contributed by atoms with Gasteiger partial charge in [0.2, 0.25) is 10.0 Å². The number of sulfonamides is 1. The number of aromatic nitrogens is 2. The molecule has 1 aliphatic heterocycles. The van der Waals surface area contributed by atoms with Crippen LogP contribution in [0.2, 0.25) is 0 Å². The van der Waals surface area contributed by atoms with Crippen LogP contribution in [0.4, 0.5) is 0 Å². The summed E-state index contributed by atoms with van der Waals surface area (Å²) in [4.78, 5) is 2.26. The van der Waals surface area contributed by atoms with Crippen molar-refractivity contribution < 1.29 is 8.42 Å². The average molecular weight is 397 g/mol. The smallest absolute Gasteiger partial charge is 0.218 e. The Morgan fingerprint density at radius 2 is 1.46 bits per heavy atom. The van der Waals surface area contributed by atoms with Gasteiger partial charge in [-0.3, -0.25) is 4.90 Å². The van der Waals surface area contributed by atoms with Crippen molar-refractivity contribution in [3.63, 3.8) is 0 Å². The molecule has 0 spiro atoms. The van der Waals surface area contributed by atoms with E-state index in [1.807, 2.05) is 77.6 Å². The van der Waals surface area contributed by atoms with Crippen LogP contribution in [-0.2, 0) is 22.3 Å². The number of piperazine rings is 1. The third-order valence-electron chi connectivity index (χ3n) is 4.97. The molecule has 0 bridgehead atoms. The van der Waals surface area contributed by atoms with Gasteiger partial charge in [0.25, 0.3) is 0 Å². The molecule has 0 saturated carbocycles. The molecule has 7 heteroatoms. The highest BCUT2D eigenvalue weighted by atomic mass is 32.2. The van der Waals surface area contributed by atoms with E-state index in [9.17, 15) is 8.42 Å². The normalized spacial score (nSPS) is 16.3. The zero-order valence-corrected chi connectivity index (χ0v) is 16.5. The Morgan fingerprint density at radius 1 is 0.821 bits per heavy atom. The molecule has 2 heterocycles. The van der Waals surface area contributed by atoms with Gasteiger partial charge in [0.05, 0.1) is 17.1 Å². The summed E-state index contributed by atoms with van der Waals surface area (Å²) in [7, 11) is -3.28. The van der Waals surface area contributed by atoms with Gasteiger partial charge in [0.15, 0.2) is 0 Å². The highest BCUT2D eigenvalue weighted by molar-refractivity contribution is 7.88. The number of benzene rings is 2. The monoisotopic (exact) mass is 396 g/mol. The highest BCUT2D eigenvalue weighted by Crippen LogP contribution is 2.15. The summed E-state index contributed by atoms with van der Waals surface area (Å²) in [5.74, 6) is 0.0648. The van der Waals surface area contributed by atoms with E-state index in [4.69, 9.17) is 0 Å². The minimum atomic E-state index is -3.28. The molecular weight excluding hydrogens is 372 g/mol. The first-order valence-corrected chi connectivity index (χ1v) is 11.1. The van der Waals surface area contributed by atoms with Crippen molar-refractivity contribution >= 4 is 10.0 Å². The Bertz CT molecular complexity index is 995. The van der Waals surface area contributed by atoms with E-state index >= 15 is 0 Å². The summed E-state index contributed by atoms with van der Waals surface area (Å²) in [6.45, 7) is 3.20. The van der Waals surface area contributed by atoms with Crippen LogP contribution in [0.25, 0.3) is 5.69 Å². The van der Waals surface area contributed by atoms with Crippen molar-refractivity contribution in [2.24, 2.45) is 0 Å². The van der Waals surface area contributed by atoms with Crippen LogP contribution in [0.15, 0.2) is 72.9 Å². The van der Waals surface area contributed by atoms with Crippen LogP contribution in [0.3, 0.4) is 0 Å². The van der Waals surface area contributed by atoms with Gasteiger partial charge >= 0.3 is 0 Å². The molecule has 1 fully saturated rings. The van der Waals surface area contributed by atoms with Crippen molar-refractivity contribution in [2.75, 3.05) is 26.2 Å². The molecule has 4 rings (SSSR count). The van der Waals surface area contributed by atoms with E-state index < -0.39 is 10.0 Å². The molecular formula is C21H24N4O2S. The molecule has 1 aromatic heterocycles. The topological polar surface area (TPSA) is 58.4 Å². The predicted octanol–water partition coefficient (Wildman–Crippen LogP) is 2.52. The lowest BCUT2D eigenvalue weighted by Crippen LogP contribution is -2.48. The van der Waals surface area contributed by atoms with Gasteiger partial charge in [-0.25, -0.2) is 13.1 Å². The first kappa shape index (κ1) is 18.9. The summed E-state index contributed by atoms with van der Waals surface area (Å²) in [6.07, 6.45) is 1.96. The molecule has 0 unspecified atom stereocenters. The molecule has 0 radical (unpaired) electrons. The maximum Gasteiger partial charge on any atom is 0.218 e. The lowest BCUT2D eigenvalue weighted by Gasteiger charge is -2.33. The second kappa shape index (κ2) is 8.26. The van der Waals surface area contributed by atoms with Crippen molar-refractivity contribution in [2.45, 2.75) is 12.3 Å². The third kappa shape index (κ3) is 4.49. The Balaban J connectivity index is 1.33. The summed E-state index contributed by atoms with van der Waals surface area (Å²) in [6, 6.07) is 21.4. The molecule has 2 aromatic carbocycles. The lowest BCUT2D eigenvalue weighted by atomic mass is 10.2. The Hall–Kier alpha value is -2.48. The van der Waals surface area contributed by atoms with E-state index in [1.165, 1.54) is 0 Å². The fraction of sp³-hybridized carbons (Fsp3) is 0.286. The number of hydrogen-bond acceptors (Lipinski definition) is 4. The van der Waals surface area contributed by atoms with E-state index in [-0.39, 0.29) is 5.75 Å². The molecule has 28 heavy (non-hydrogen) atoms. The summed E-state index contributed by atoms with van der Waals surface area (Å²) >= 11 is 0. The Labute approximate surface area is 166 Å². The minimum Gasteiger partial charge on any atom is -0.295 e. The Morgan fingerprint density at radius 3 is 2.14 bits per heavy atom. The zero-order valence-electron chi connectivity index (χ0n) is 15.7. The van der Waals surface area contributed by atoms with Crippen LogP contribution in [0.1, 0.15) is 11.3 Å². The molecule has 0 atom stereocenters. The number of rotatable bonds is 6. The quantitative estimate of drug-likeness (QED) is 0.642. The van der Waals surface area contributed by atoms with Crippen LogP contribution < -0.4 is 0 Å². The molecule has 3 aromatic rings. The van der Waals surface area contributed by atoms with Gasteiger partial charge in [-0.2, -0.15) is 9.40 Å². The highest BCUT2D eigenvalue weighted by Gasteiger charge is 2.27. The first-order valence-electron chi connectivity index (χ1n) is 9.44. The van der Waals surface area contributed by atoms with Gasteiger partial charge in [-0.1, -0.05) is 48.5 Å². The molecule has 1 saturated heterocycles. The second-order valence-corrected chi connectivity index (χ2v) is 8.97. The predicted molar refractivity (Wildman–Crippen MR) is 109 cm³/mol. The molecule has 0 amide bonds. The van der Waals surface area contributed by atoms with Crippen molar-refractivity contribution in [3.05, 3.63) is 84.2 Å². The minimum absolute atomic E-state index is 0.0648. The molecule has 146 valence electrons. The van der Waals surface area contributed by atoms with Gasteiger partial charge in [-0.15, -0.1) is 0 Å². The average Bonchev–Trinajstić information content (AvgIpc) is 3.18. The van der Waals surface area contributed by atoms with E-state index in [1.54, 1.807) is 4.31 Å². The first-order chi connectivity index (χ1) is 13.6. The van der Waals surface area contributed by atoms with Crippen LogP contribution in [0, 0.1) is 0 Å². The zero-order chi connectivity index (χ0) is 19.4. The fourth-order valence-corrected chi connectivity index (χ4v) is 4.96. The van der Waals surface area contributed by atoms with Crippen LogP contribution >= 0.6 is 0 Å². The van der Waals surface area contributed by atoms with Crippen LogP contribution in [0.5, 0.6) is 0 Å². The van der Waals surface area contributed by atoms with Gasteiger partial charge in [0, 0.05) is 38.9 Å². The number of nitrogens with zero attached hydrogens (tertiary/aromatic N) is 4.